The molecule has 0 spiro atoms. The highest BCUT2D eigenvalue weighted by molar-refractivity contribution is 5.86. The van der Waals surface area contributed by atoms with Crippen LogP contribution in [0.1, 0.15) is 44.9 Å². The monoisotopic (exact) mass is 280 g/mol. The van der Waals surface area contributed by atoms with Crippen molar-refractivity contribution < 1.29 is 14.7 Å². The molecule has 112 valence electrons. The Morgan fingerprint density at radius 3 is 2.45 bits per heavy atom. The second-order valence-corrected chi connectivity index (χ2v) is 6.47. The van der Waals surface area contributed by atoms with Crippen molar-refractivity contribution in [2.45, 2.75) is 57.0 Å². The van der Waals surface area contributed by atoms with Gasteiger partial charge in [0.25, 0.3) is 0 Å². The highest BCUT2D eigenvalue weighted by atomic mass is 16.4. The first-order chi connectivity index (χ1) is 9.68. The number of rotatable bonds is 2. The number of carbonyl (C=O) groups is 2. The van der Waals surface area contributed by atoms with E-state index >= 15 is 0 Å². The summed E-state index contributed by atoms with van der Waals surface area (Å²) in [5, 5.41) is 12.7. The molecule has 3 atom stereocenters. The number of nitrogens with zero attached hydrogens (tertiary/aromatic N) is 1. The van der Waals surface area contributed by atoms with E-state index in [2.05, 4.69) is 5.32 Å². The van der Waals surface area contributed by atoms with E-state index in [1.54, 1.807) is 4.90 Å². The van der Waals surface area contributed by atoms with Crippen molar-refractivity contribution in [2.24, 2.45) is 11.8 Å². The van der Waals surface area contributed by atoms with Crippen LogP contribution in [0.5, 0.6) is 0 Å². The molecule has 1 aliphatic carbocycles. The van der Waals surface area contributed by atoms with Crippen molar-refractivity contribution in [1.82, 2.24) is 10.2 Å². The molecule has 0 radical (unpaired) electrons. The lowest BCUT2D eigenvalue weighted by molar-refractivity contribution is -0.152. The highest BCUT2D eigenvalue weighted by Crippen LogP contribution is 2.41. The normalized spacial score (nSPS) is 34.8. The molecular weight excluding hydrogens is 256 g/mol. The van der Waals surface area contributed by atoms with Gasteiger partial charge in [-0.25, -0.2) is 4.79 Å². The smallest absolute Gasteiger partial charge is 0.326 e. The number of fused-ring (bicyclic) bond motifs is 1. The third kappa shape index (κ3) is 2.43. The fourth-order valence-corrected chi connectivity index (χ4v) is 4.28. The fraction of sp³-hybridized carbons (Fsp3) is 0.867. The maximum absolute atomic E-state index is 12.8. The molecule has 3 fully saturated rings. The zero-order chi connectivity index (χ0) is 14.1. The molecule has 0 aromatic rings. The average molecular weight is 280 g/mol. The van der Waals surface area contributed by atoms with Crippen molar-refractivity contribution in [1.29, 1.82) is 0 Å². The predicted octanol–water partition coefficient (Wildman–Crippen LogP) is 1.23. The number of carbonyl (C=O) groups excluding carboxylic acids is 1. The van der Waals surface area contributed by atoms with Gasteiger partial charge < -0.3 is 15.3 Å². The summed E-state index contributed by atoms with van der Waals surface area (Å²) in [5.74, 6) is -0.274. The molecule has 2 N–H and O–H groups in total. The van der Waals surface area contributed by atoms with Gasteiger partial charge in [-0.15, -0.1) is 0 Å². The summed E-state index contributed by atoms with van der Waals surface area (Å²) in [4.78, 5) is 26.1. The Hall–Kier alpha value is -1.10. The number of likely N-dealkylation sites (tertiary alicyclic amines) is 1. The Kier molecular flexibility index (Phi) is 3.96. The number of aliphatic carboxylic acids is 1. The van der Waals surface area contributed by atoms with Gasteiger partial charge in [-0.1, -0.05) is 12.8 Å². The molecule has 3 aliphatic rings. The van der Waals surface area contributed by atoms with Crippen LogP contribution in [0.4, 0.5) is 0 Å². The van der Waals surface area contributed by atoms with E-state index in [9.17, 15) is 14.7 Å². The Labute approximate surface area is 119 Å². The predicted molar refractivity (Wildman–Crippen MR) is 74.2 cm³/mol. The molecule has 0 aromatic carbocycles. The maximum atomic E-state index is 12.8. The second-order valence-electron chi connectivity index (χ2n) is 6.47. The van der Waals surface area contributed by atoms with Crippen molar-refractivity contribution in [2.75, 3.05) is 13.1 Å². The van der Waals surface area contributed by atoms with Crippen LogP contribution < -0.4 is 5.32 Å². The molecule has 5 nitrogen and oxygen atoms in total. The van der Waals surface area contributed by atoms with Crippen LogP contribution in [-0.4, -0.2) is 47.1 Å². The number of carboxylic acids is 1. The van der Waals surface area contributed by atoms with E-state index in [1.807, 2.05) is 0 Å². The van der Waals surface area contributed by atoms with Gasteiger partial charge in [0.1, 0.15) is 6.04 Å². The Morgan fingerprint density at radius 1 is 1.05 bits per heavy atom. The van der Waals surface area contributed by atoms with E-state index in [1.165, 1.54) is 6.42 Å². The van der Waals surface area contributed by atoms with Gasteiger partial charge in [-0.05, 0) is 51.1 Å². The lowest BCUT2D eigenvalue weighted by Gasteiger charge is -2.36. The van der Waals surface area contributed by atoms with Crippen molar-refractivity contribution in [3.05, 3.63) is 0 Å². The first-order valence-corrected chi connectivity index (χ1v) is 7.94. The zero-order valence-electron chi connectivity index (χ0n) is 11.9. The van der Waals surface area contributed by atoms with Gasteiger partial charge in [-0.2, -0.15) is 0 Å². The molecule has 20 heavy (non-hydrogen) atoms. The van der Waals surface area contributed by atoms with Crippen LogP contribution in [0.3, 0.4) is 0 Å². The van der Waals surface area contributed by atoms with Gasteiger partial charge in [0.05, 0.1) is 0 Å². The van der Waals surface area contributed by atoms with Gasteiger partial charge in [-0.3, -0.25) is 4.79 Å². The Balaban J connectivity index is 1.79. The Morgan fingerprint density at radius 2 is 1.75 bits per heavy atom. The van der Waals surface area contributed by atoms with Gasteiger partial charge >= 0.3 is 5.97 Å². The quantitative estimate of drug-likeness (QED) is 0.798. The lowest BCUT2D eigenvalue weighted by Crippen LogP contribution is -2.50. The van der Waals surface area contributed by atoms with Gasteiger partial charge in [0.2, 0.25) is 5.91 Å². The van der Waals surface area contributed by atoms with E-state index in [0.29, 0.717) is 12.3 Å². The molecule has 2 heterocycles. The van der Waals surface area contributed by atoms with Crippen molar-refractivity contribution >= 4 is 11.9 Å². The van der Waals surface area contributed by atoms with Gasteiger partial charge in [0.15, 0.2) is 0 Å². The minimum atomic E-state index is -0.818. The fourth-order valence-electron chi connectivity index (χ4n) is 4.28. The topological polar surface area (TPSA) is 69.6 Å². The SMILES string of the molecule is O=C(O)C1CC2CCCCC2N1C(=O)C1CCNCC1. The average Bonchev–Trinajstić information content (AvgIpc) is 2.87. The third-order valence-corrected chi connectivity index (χ3v) is 5.32. The van der Waals surface area contributed by atoms with E-state index in [-0.39, 0.29) is 17.9 Å². The molecule has 5 heteroatoms. The summed E-state index contributed by atoms with van der Waals surface area (Å²) in [6, 6.07) is -0.391. The number of carboxylic acid groups (broad SMARTS) is 1. The molecule has 0 aromatic heterocycles. The number of hydrogen-bond donors (Lipinski definition) is 2. The minimum Gasteiger partial charge on any atom is -0.480 e. The molecule has 0 bridgehead atoms. The van der Waals surface area contributed by atoms with E-state index in [0.717, 1.165) is 45.2 Å². The number of nitrogens with one attached hydrogen (secondary N) is 1. The van der Waals surface area contributed by atoms with Crippen LogP contribution in [0.25, 0.3) is 0 Å². The van der Waals surface area contributed by atoms with Crippen molar-refractivity contribution in [3.8, 4) is 0 Å². The summed E-state index contributed by atoms with van der Waals surface area (Å²) in [5.41, 5.74) is 0. The third-order valence-electron chi connectivity index (χ3n) is 5.32. The van der Waals surface area contributed by atoms with Crippen LogP contribution in [0.2, 0.25) is 0 Å². The van der Waals surface area contributed by atoms with Crippen LogP contribution in [-0.2, 0) is 9.59 Å². The van der Waals surface area contributed by atoms with Crippen LogP contribution in [0, 0.1) is 11.8 Å². The summed E-state index contributed by atoms with van der Waals surface area (Å²) >= 11 is 0. The maximum Gasteiger partial charge on any atom is 0.326 e. The standard InChI is InChI=1S/C15H24N2O3/c18-14(10-5-7-16-8-6-10)17-12-4-2-1-3-11(12)9-13(17)15(19)20/h10-13,16H,1-9H2,(H,19,20). The lowest BCUT2D eigenvalue weighted by atomic mass is 9.84. The zero-order valence-corrected chi connectivity index (χ0v) is 11.9. The summed E-state index contributed by atoms with van der Waals surface area (Å²) in [6.07, 6.45) is 6.75. The molecule has 2 saturated heterocycles. The molecule has 3 rings (SSSR count). The molecule has 1 amide bonds. The number of amides is 1. The molecule has 2 aliphatic heterocycles. The summed E-state index contributed by atoms with van der Waals surface area (Å²) in [6.45, 7) is 1.74. The molecule has 1 saturated carbocycles. The summed E-state index contributed by atoms with van der Waals surface area (Å²) < 4.78 is 0. The first kappa shape index (κ1) is 13.9. The minimum absolute atomic E-state index is 0.0266. The number of piperidine rings is 1. The summed E-state index contributed by atoms with van der Waals surface area (Å²) in [7, 11) is 0. The number of hydrogen-bond acceptors (Lipinski definition) is 3. The van der Waals surface area contributed by atoms with E-state index < -0.39 is 12.0 Å². The second kappa shape index (κ2) is 5.72. The van der Waals surface area contributed by atoms with Crippen molar-refractivity contribution in [3.63, 3.8) is 0 Å². The van der Waals surface area contributed by atoms with Crippen LogP contribution >= 0.6 is 0 Å². The Bertz CT molecular complexity index is 393. The van der Waals surface area contributed by atoms with Crippen LogP contribution in [0.15, 0.2) is 0 Å². The molecule has 3 unspecified atom stereocenters. The van der Waals surface area contributed by atoms with E-state index in [4.69, 9.17) is 0 Å². The highest BCUT2D eigenvalue weighted by Gasteiger charge is 2.48. The first-order valence-electron chi connectivity index (χ1n) is 7.94. The van der Waals surface area contributed by atoms with Gasteiger partial charge in [0, 0.05) is 12.0 Å². The largest absolute Gasteiger partial charge is 0.480 e. The molecular formula is C15H24N2O3.